The summed E-state index contributed by atoms with van der Waals surface area (Å²) in [4.78, 5) is 0. The molecule has 52 valence electrons. The van der Waals surface area contributed by atoms with Crippen molar-refractivity contribution in [3.05, 3.63) is 23.8 Å². The van der Waals surface area contributed by atoms with Gasteiger partial charge in [0.15, 0.2) is 0 Å². The minimum Gasteiger partial charge on any atom is -0.273 e. The maximum Gasteiger partial charge on any atom is 0 e. The van der Waals surface area contributed by atoms with Crippen molar-refractivity contribution in [3.8, 4) is 0 Å². The van der Waals surface area contributed by atoms with E-state index < -0.39 is 0 Å². The summed E-state index contributed by atoms with van der Waals surface area (Å²) < 4.78 is 0. The standard InChI is InChI=1S/C6H7.2ClH.Ti/c1-6-4-2-3-5-6;;;/h4-5H,2H2,1H3;2*1H;/q-1;;;. The Bertz CT molecular complexity index is 105. The third kappa shape index (κ3) is 6.66. The van der Waals surface area contributed by atoms with Crippen LogP contribution in [0, 0.1) is 6.08 Å². The molecule has 0 amide bonds. The van der Waals surface area contributed by atoms with Gasteiger partial charge in [-0.25, -0.2) is 11.6 Å². The minimum atomic E-state index is 0. The zero-order valence-electron chi connectivity index (χ0n) is 5.18. The van der Waals surface area contributed by atoms with Crippen LogP contribution in [-0.4, -0.2) is 0 Å². The molecule has 1 aliphatic carbocycles. The van der Waals surface area contributed by atoms with Crippen molar-refractivity contribution in [2.75, 3.05) is 0 Å². The summed E-state index contributed by atoms with van der Waals surface area (Å²) in [5.74, 6) is 0. The van der Waals surface area contributed by atoms with Gasteiger partial charge in [0.25, 0.3) is 0 Å². The molecule has 0 aromatic heterocycles. The van der Waals surface area contributed by atoms with Crippen LogP contribution in [0.3, 0.4) is 0 Å². The maximum absolute atomic E-state index is 3.05. The summed E-state index contributed by atoms with van der Waals surface area (Å²) in [7, 11) is 0. The van der Waals surface area contributed by atoms with E-state index in [2.05, 4.69) is 19.1 Å². The van der Waals surface area contributed by atoms with Crippen molar-refractivity contribution in [2.24, 2.45) is 0 Å². The molecule has 0 saturated heterocycles. The van der Waals surface area contributed by atoms with Crippen LogP contribution < -0.4 is 0 Å². The first-order valence-corrected chi connectivity index (χ1v) is 2.13. The van der Waals surface area contributed by atoms with Crippen LogP contribution >= 0.6 is 24.8 Å². The molecule has 0 spiro atoms. The largest absolute Gasteiger partial charge is 0.273 e. The van der Waals surface area contributed by atoms with Crippen LogP contribution in [0.25, 0.3) is 0 Å². The van der Waals surface area contributed by atoms with Crippen LogP contribution in [0.1, 0.15) is 13.3 Å². The predicted octanol–water partition coefficient (Wildman–Crippen LogP) is 2.54. The molecule has 0 bridgehead atoms. The average Bonchev–Trinajstić information content (AvgIpc) is 1.86. The molecule has 1 rings (SSSR count). The van der Waals surface area contributed by atoms with Crippen molar-refractivity contribution >= 4 is 24.8 Å². The third-order valence-corrected chi connectivity index (χ3v) is 0.872. The molecule has 0 radical (unpaired) electrons. The summed E-state index contributed by atoms with van der Waals surface area (Å²) >= 11 is 0. The van der Waals surface area contributed by atoms with Crippen molar-refractivity contribution in [1.82, 2.24) is 0 Å². The monoisotopic (exact) mass is 199 g/mol. The molecular weight excluding hydrogens is 191 g/mol. The number of rotatable bonds is 0. The Morgan fingerprint density at radius 1 is 1.44 bits per heavy atom. The topological polar surface area (TPSA) is 0 Å². The minimum absolute atomic E-state index is 0. The fourth-order valence-electron chi connectivity index (χ4n) is 0.499. The molecule has 0 unspecified atom stereocenters. The van der Waals surface area contributed by atoms with E-state index >= 15 is 0 Å². The van der Waals surface area contributed by atoms with E-state index in [-0.39, 0.29) is 46.5 Å². The molecule has 0 aliphatic heterocycles. The predicted molar refractivity (Wildman–Crippen MR) is 40.7 cm³/mol. The molecule has 1 aliphatic rings. The number of hydrogen-bond acceptors (Lipinski definition) is 0. The molecule has 0 saturated carbocycles. The van der Waals surface area contributed by atoms with E-state index in [1.165, 1.54) is 5.57 Å². The molecule has 9 heavy (non-hydrogen) atoms. The van der Waals surface area contributed by atoms with Crippen molar-refractivity contribution in [3.63, 3.8) is 0 Å². The average molecular weight is 200 g/mol. The molecule has 3 heteroatoms. The Morgan fingerprint density at radius 2 is 2.00 bits per heavy atom. The van der Waals surface area contributed by atoms with Crippen molar-refractivity contribution < 1.29 is 21.7 Å². The summed E-state index contributed by atoms with van der Waals surface area (Å²) in [6.45, 7) is 2.08. The van der Waals surface area contributed by atoms with Crippen molar-refractivity contribution in [2.45, 2.75) is 13.3 Å². The number of hydrogen-bond donors (Lipinski definition) is 0. The third-order valence-electron chi connectivity index (χ3n) is 0.872. The van der Waals surface area contributed by atoms with E-state index in [0.29, 0.717) is 0 Å². The summed E-state index contributed by atoms with van der Waals surface area (Å²) in [5, 5.41) is 0. The van der Waals surface area contributed by atoms with Gasteiger partial charge in [-0.3, -0.25) is 6.08 Å². The Morgan fingerprint density at radius 3 is 2.11 bits per heavy atom. The van der Waals surface area contributed by atoms with Gasteiger partial charge in [0.2, 0.25) is 0 Å². The molecule has 0 aromatic rings. The van der Waals surface area contributed by atoms with Gasteiger partial charge in [0.1, 0.15) is 0 Å². The van der Waals surface area contributed by atoms with Gasteiger partial charge in [-0.05, 0) is 0 Å². The van der Waals surface area contributed by atoms with E-state index in [0.717, 1.165) is 6.42 Å². The SMILES string of the molecule is CC1=CC[C-]=C1.Cl.Cl.[Ti]. The second-order valence-corrected chi connectivity index (χ2v) is 1.50. The van der Waals surface area contributed by atoms with E-state index in [9.17, 15) is 0 Å². The van der Waals surface area contributed by atoms with Gasteiger partial charge >= 0.3 is 0 Å². The van der Waals surface area contributed by atoms with E-state index in [1.807, 2.05) is 6.08 Å². The summed E-state index contributed by atoms with van der Waals surface area (Å²) in [5.41, 5.74) is 1.34. The van der Waals surface area contributed by atoms with Crippen LogP contribution in [0.4, 0.5) is 0 Å². The molecule has 0 nitrogen and oxygen atoms in total. The smallest absolute Gasteiger partial charge is 0 e. The molecule has 0 aromatic carbocycles. The van der Waals surface area contributed by atoms with Crippen LogP contribution in [0.2, 0.25) is 0 Å². The van der Waals surface area contributed by atoms with Crippen LogP contribution in [-0.2, 0) is 21.7 Å². The zero-order chi connectivity index (χ0) is 4.41. The Labute approximate surface area is 83.5 Å². The summed E-state index contributed by atoms with van der Waals surface area (Å²) in [6.07, 6.45) is 8.24. The molecule has 0 heterocycles. The molecule has 0 N–H and O–H groups in total. The fourth-order valence-corrected chi connectivity index (χ4v) is 0.499. The normalized spacial score (nSPS) is 12.3. The van der Waals surface area contributed by atoms with Gasteiger partial charge in [-0.15, -0.1) is 38.2 Å². The Kier molecular flexibility index (Phi) is 16.0. The Hall–Kier alpha value is 0.774. The zero-order valence-corrected chi connectivity index (χ0v) is 8.37. The molecular formula is C6H9Cl2Ti-. The summed E-state index contributed by atoms with van der Waals surface area (Å²) in [6, 6.07) is 0. The second kappa shape index (κ2) is 8.77. The van der Waals surface area contributed by atoms with Gasteiger partial charge in [-0.2, -0.15) is 6.08 Å². The van der Waals surface area contributed by atoms with Crippen LogP contribution in [0.5, 0.6) is 0 Å². The maximum atomic E-state index is 3.05. The van der Waals surface area contributed by atoms with Gasteiger partial charge in [0, 0.05) is 21.7 Å². The van der Waals surface area contributed by atoms with Crippen LogP contribution in [0.15, 0.2) is 17.7 Å². The molecule has 0 fully saturated rings. The fraction of sp³-hybridized carbons (Fsp3) is 0.333. The van der Waals surface area contributed by atoms with E-state index in [1.54, 1.807) is 0 Å². The first-order valence-electron chi connectivity index (χ1n) is 2.13. The van der Waals surface area contributed by atoms with Gasteiger partial charge in [-0.1, -0.05) is 0 Å². The number of halogens is 2. The number of allylic oxidation sites excluding steroid dienone is 4. The van der Waals surface area contributed by atoms with E-state index in [4.69, 9.17) is 0 Å². The Balaban J connectivity index is -0.000000120. The first-order chi connectivity index (χ1) is 2.89. The quantitative estimate of drug-likeness (QED) is 0.416. The van der Waals surface area contributed by atoms with Gasteiger partial charge in [0.05, 0.1) is 0 Å². The first kappa shape index (κ1) is 16.4. The van der Waals surface area contributed by atoms with Crippen molar-refractivity contribution in [1.29, 1.82) is 0 Å². The van der Waals surface area contributed by atoms with Gasteiger partial charge < -0.3 is 0 Å². The second-order valence-electron chi connectivity index (χ2n) is 1.50. The molecule has 0 atom stereocenters.